The molecule has 10 heteroatoms. The van der Waals surface area contributed by atoms with Crippen molar-refractivity contribution in [1.29, 1.82) is 0 Å². The minimum Gasteiger partial charge on any atom is -0.462 e. The maximum absolute atomic E-state index is 12.6. The lowest BCUT2D eigenvalue weighted by Crippen LogP contribution is -2.29. The Kier molecular flexibility index (Phi) is 38.6. The first kappa shape index (κ1) is 51.2. The Labute approximate surface area is 324 Å². The zero-order valence-electron chi connectivity index (χ0n) is 33.8. The van der Waals surface area contributed by atoms with Gasteiger partial charge in [-0.1, -0.05) is 153 Å². The number of hydrogen-bond acceptors (Lipinski definition) is 8. The summed E-state index contributed by atoms with van der Waals surface area (Å²) in [5, 5.41) is 0. The number of phosphoric ester groups is 1. The Bertz CT molecular complexity index is 957. The van der Waals surface area contributed by atoms with E-state index in [1.807, 2.05) is 6.08 Å². The van der Waals surface area contributed by atoms with Gasteiger partial charge in [-0.3, -0.25) is 18.6 Å². The second kappa shape index (κ2) is 39.9. The third-order valence-electron chi connectivity index (χ3n) is 9.14. The number of ether oxygens (including phenoxy) is 2. The second-order valence-corrected chi connectivity index (χ2v) is 15.7. The fourth-order valence-corrected chi connectivity index (χ4v) is 6.70. The molecule has 0 heterocycles. The van der Waals surface area contributed by atoms with Crippen molar-refractivity contribution < 1.29 is 37.6 Å². The van der Waals surface area contributed by atoms with Crippen LogP contribution in [0.2, 0.25) is 0 Å². The summed E-state index contributed by atoms with van der Waals surface area (Å²) in [6, 6.07) is 0. The van der Waals surface area contributed by atoms with Crippen LogP contribution in [0.4, 0.5) is 0 Å². The van der Waals surface area contributed by atoms with Crippen LogP contribution in [0.3, 0.4) is 0 Å². The van der Waals surface area contributed by atoms with Gasteiger partial charge in [-0.15, -0.1) is 6.58 Å². The number of hydrogen-bond donors (Lipinski definition) is 2. The van der Waals surface area contributed by atoms with E-state index in [-0.39, 0.29) is 38.6 Å². The predicted octanol–water partition coefficient (Wildman–Crippen LogP) is 12.2. The summed E-state index contributed by atoms with van der Waals surface area (Å²) in [5.41, 5.74) is 5.34. The minimum absolute atomic E-state index is 0.0514. The van der Waals surface area contributed by atoms with E-state index in [4.69, 9.17) is 24.3 Å². The molecular weight excluding hydrogens is 689 g/mol. The maximum Gasteiger partial charge on any atom is 0.472 e. The molecule has 0 rings (SSSR count). The third kappa shape index (κ3) is 39.7. The smallest absolute Gasteiger partial charge is 0.462 e. The molecular formula is C43H80NO8P. The highest BCUT2D eigenvalue weighted by molar-refractivity contribution is 7.47. The Morgan fingerprint density at radius 2 is 1.08 bits per heavy atom. The fourth-order valence-electron chi connectivity index (χ4n) is 5.94. The molecule has 0 aromatic heterocycles. The largest absolute Gasteiger partial charge is 0.472 e. The highest BCUT2D eigenvalue weighted by Crippen LogP contribution is 2.43. The van der Waals surface area contributed by atoms with Gasteiger partial charge in [-0.2, -0.15) is 0 Å². The van der Waals surface area contributed by atoms with E-state index >= 15 is 0 Å². The average molecular weight is 770 g/mol. The van der Waals surface area contributed by atoms with Crippen LogP contribution in [-0.2, 0) is 32.7 Å². The SMILES string of the molecule is C=CCCCCCCCCCCCCCCCC(=O)OC[C@H](COP(=O)(O)OCCN)OC(=O)CCCCCCCCC/C=C/C/C=C/CCCCC. The van der Waals surface area contributed by atoms with E-state index in [1.54, 1.807) is 0 Å². The molecule has 0 spiro atoms. The van der Waals surface area contributed by atoms with Crippen LogP contribution in [0.25, 0.3) is 0 Å². The molecule has 0 aromatic carbocycles. The highest BCUT2D eigenvalue weighted by Gasteiger charge is 2.26. The molecule has 3 N–H and O–H groups in total. The molecule has 310 valence electrons. The first-order valence-electron chi connectivity index (χ1n) is 21.4. The van der Waals surface area contributed by atoms with Crippen LogP contribution >= 0.6 is 7.82 Å². The van der Waals surface area contributed by atoms with Gasteiger partial charge in [0.05, 0.1) is 13.2 Å². The third-order valence-corrected chi connectivity index (χ3v) is 10.1. The zero-order valence-corrected chi connectivity index (χ0v) is 34.7. The van der Waals surface area contributed by atoms with Crippen molar-refractivity contribution in [2.24, 2.45) is 5.73 Å². The average Bonchev–Trinajstić information content (AvgIpc) is 3.14. The molecule has 0 aliphatic heterocycles. The van der Waals surface area contributed by atoms with Gasteiger partial charge in [-0.25, -0.2) is 4.57 Å². The number of carbonyl (C=O) groups excluding carboxylic acids is 2. The molecule has 0 fully saturated rings. The van der Waals surface area contributed by atoms with Crippen LogP contribution in [-0.4, -0.2) is 49.3 Å². The molecule has 0 saturated carbocycles. The van der Waals surface area contributed by atoms with Crippen molar-refractivity contribution in [3.8, 4) is 0 Å². The first-order chi connectivity index (χ1) is 25.8. The zero-order chi connectivity index (χ0) is 38.9. The van der Waals surface area contributed by atoms with Crippen LogP contribution in [0, 0.1) is 0 Å². The van der Waals surface area contributed by atoms with Crippen molar-refractivity contribution in [2.75, 3.05) is 26.4 Å². The molecule has 0 aromatic rings. The molecule has 0 amide bonds. The summed E-state index contributed by atoms with van der Waals surface area (Å²) in [6.07, 6.45) is 42.0. The van der Waals surface area contributed by atoms with E-state index in [1.165, 1.54) is 109 Å². The number of allylic oxidation sites excluding steroid dienone is 5. The lowest BCUT2D eigenvalue weighted by molar-refractivity contribution is -0.161. The summed E-state index contributed by atoms with van der Waals surface area (Å²) in [6.45, 7) is 5.22. The lowest BCUT2D eigenvalue weighted by atomic mass is 10.0. The van der Waals surface area contributed by atoms with Crippen LogP contribution in [0.1, 0.15) is 193 Å². The van der Waals surface area contributed by atoms with E-state index in [0.29, 0.717) is 6.42 Å². The van der Waals surface area contributed by atoms with Gasteiger partial charge in [-0.05, 0) is 57.8 Å². The number of carbonyl (C=O) groups is 2. The lowest BCUT2D eigenvalue weighted by Gasteiger charge is -2.19. The van der Waals surface area contributed by atoms with Gasteiger partial charge in [0, 0.05) is 19.4 Å². The molecule has 2 atom stereocenters. The number of rotatable bonds is 41. The van der Waals surface area contributed by atoms with Gasteiger partial charge in [0.1, 0.15) is 6.61 Å². The van der Waals surface area contributed by atoms with Gasteiger partial charge < -0.3 is 20.1 Å². The Hall–Kier alpha value is -1.77. The Morgan fingerprint density at radius 1 is 0.623 bits per heavy atom. The summed E-state index contributed by atoms with van der Waals surface area (Å²) in [7, 11) is -4.38. The van der Waals surface area contributed by atoms with Crippen molar-refractivity contribution >= 4 is 19.8 Å². The number of nitrogens with two attached hydrogens (primary N) is 1. The monoisotopic (exact) mass is 770 g/mol. The molecule has 0 saturated heterocycles. The summed E-state index contributed by atoms with van der Waals surface area (Å²) >= 11 is 0. The predicted molar refractivity (Wildman–Crippen MR) is 220 cm³/mol. The molecule has 0 bridgehead atoms. The molecule has 0 aliphatic rings. The number of esters is 2. The first-order valence-corrected chi connectivity index (χ1v) is 22.9. The number of phosphoric acid groups is 1. The Morgan fingerprint density at radius 3 is 1.57 bits per heavy atom. The standard InChI is InChI=1S/C43H80NO8P/c1-3-5-7-9-11-13-15-17-19-20-22-24-26-28-30-32-34-36-43(46)52-41(40-51-53(47,48)50-38-37-44)39-49-42(45)35-33-31-29-27-25-23-21-18-16-14-12-10-8-6-4-2/h4,11,13,17,19,41H,2-3,5-10,12,14-16,18,20-40,44H2,1H3,(H,47,48)/b13-11+,19-17+/t41-/m1/s1. The van der Waals surface area contributed by atoms with E-state index in [0.717, 1.165) is 57.8 Å². The van der Waals surface area contributed by atoms with Gasteiger partial charge >= 0.3 is 19.8 Å². The van der Waals surface area contributed by atoms with E-state index < -0.39 is 26.5 Å². The quantitative estimate of drug-likeness (QED) is 0.0270. The molecule has 9 nitrogen and oxygen atoms in total. The second-order valence-electron chi connectivity index (χ2n) is 14.3. The molecule has 1 unspecified atom stereocenters. The normalized spacial score (nSPS) is 13.4. The fraction of sp³-hybridized carbons (Fsp3) is 0.814. The summed E-state index contributed by atoms with van der Waals surface area (Å²) < 4.78 is 32.8. The van der Waals surface area contributed by atoms with Gasteiger partial charge in [0.25, 0.3) is 0 Å². The van der Waals surface area contributed by atoms with Crippen molar-refractivity contribution in [2.45, 2.75) is 199 Å². The van der Waals surface area contributed by atoms with Crippen LogP contribution in [0.15, 0.2) is 37.0 Å². The van der Waals surface area contributed by atoms with Crippen molar-refractivity contribution in [3.05, 3.63) is 37.0 Å². The number of unbranched alkanes of at least 4 members (excludes halogenated alkanes) is 23. The van der Waals surface area contributed by atoms with E-state index in [2.05, 4.69) is 37.8 Å². The van der Waals surface area contributed by atoms with Crippen LogP contribution in [0.5, 0.6) is 0 Å². The summed E-state index contributed by atoms with van der Waals surface area (Å²) in [4.78, 5) is 34.8. The minimum atomic E-state index is -4.38. The Balaban J connectivity index is 4.15. The molecule has 53 heavy (non-hydrogen) atoms. The van der Waals surface area contributed by atoms with Crippen molar-refractivity contribution in [3.63, 3.8) is 0 Å². The maximum atomic E-state index is 12.6. The van der Waals surface area contributed by atoms with Crippen molar-refractivity contribution in [1.82, 2.24) is 0 Å². The summed E-state index contributed by atoms with van der Waals surface area (Å²) in [5.74, 6) is -0.837. The highest BCUT2D eigenvalue weighted by atomic mass is 31.2. The molecule has 0 aliphatic carbocycles. The van der Waals surface area contributed by atoms with E-state index in [9.17, 15) is 19.0 Å². The molecule has 0 radical (unpaired) electrons. The van der Waals surface area contributed by atoms with Gasteiger partial charge in [0.15, 0.2) is 6.10 Å². The van der Waals surface area contributed by atoms with Crippen LogP contribution < -0.4 is 5.73 Å². The van der Waals surface area contributed by atoms with Gasteiger partial charge in [0.2, 0.25) is 0 Å². The topological polar surface area (TPSA) is 134 Å².